The summed E-state index contributed by atoms with van der Waals surface area (Å²) in [6.45, 7) is 1.95. The van der Waals surface area contributed by atoms with E-state index in [-0.39, 0.29) is 29.5 Å². The minimum atomic E-state index is -3.60. The Labute approximate surface area is 165 Å². The molecule has 28 heavy (non-hydrogen) atoms. The van der Waals surface area contributed by atoms with E-state index in [1.54, 1.807) is 24.3 Å². The first kappa shape index (κ1) is 20.5. The molecule has 0 radical (unpaired) electrons. The van der Waals surface area contributed by atoms with Crippen molar-refractivity contribution in [3.63, 3.8) is 0 Å². The van der Waals surface area contributed by atoms with Crippen LogP contribution in [-0.4, -0.2) is 20.9 Å². The average Bonchev–Trinajstić information content (AvgIpc) is 2.68. The number of rotatable bonds is 7. The fraction of sp³-hybridized carbons (Fsp3) is 0.381. The summed E-state index contributed by atoms with van der Waals surface area (Å²) in [5.74, 6) is -0.843. The largest absolute Gasteiger partial charge is 0.324 e. The first-order chi connectivity index (χ1) is 13.3. The van der Waals surface area contributed by atoms with Gasteiger partial charge in [0.15, 0.2) is 0 Å². The van der Waals surface area contributed by atoms with Gasteiger partial charge in [0, 0.05) is 13.0 Å². The van der Waals surface area contributed by atoms with Crippen LogP contribution in [0.1, 0.15) is 42.4 Å². The highest BCUT2D eigenvalue weighted by Crippen LogP contribution is 2.24. The van der Waals surface area contributed by atoms with E-state index in [0.717, 1.165) is 36.8 Å². The first-order valence-electron chi connectivity index (χ1n) is 9.52. The van der Waals surface area contributed by atoms with E-state index in [2.05, 4.69) is 10.0 Å². The van der Waals surface area contributed by atoms with Crippen molar-refractivity contribution in [2.75, 3.05) is 11.9 Å². The van der Waals surface area contributed by atoms with Crippen molar-refractivity contribution >= 4 is 21.6 Å². The van der Waals surface area contributed by atoms with E-state index < -0.39 is 15.8 Å². The van der Waals surface area contributed by atoms with Crippen LogP contribution in [0.15, 0.2) is 41.3 Å². The molecule has 0 spiro atoms. The van der Waals surface area contributed by atoms with E-state index in [1.165, 1.54) is 11.6 Å². The molecule has 1 aliphatic rings. The molecule has 0 saturated heterocycles. The number of carbonyl (C=O) groups excluding carboxylic acids is 1. The maximum absolute atomic E-state index is 13.7. The molecule has 0 saturated carbocycles. The van der Waals surface area contributed by atoms with Crippen molar-refractivity contribution < 1.29 is 17.6 Å². The quantitative estimate of drug-likeness (QED) is 0.691. The number of carbonyl (C=O) groups is 1. The Morgan fingerprint density at radius 2 is 1.82 bits per heavy atom. The van der Waals surface area contributed by atoms with Crippen molar-refractivity contribution in [3.8, 4) is 0 Å². The minimum Gasteiger partial charge on any atom is -0.324 e. The van der Waals surface area contributed by atoms with Gasteiger partial charge >= 0.3 is 0 Å². The Hall–Kier alpha value is -2.25. The zero-order chi connectivity index (χ0) is 20.1. The molecule has 7 heteroatoms. The van der Waals surface area contributed by atoms with E-state index in [0.29, 0.717) is 6.42 Å². The van der Waals surface area contributed by atoms with Gasteiger partial charge in [-0.25, -0.2) is 17.5 Å². The minimum absolute atomic E-state index is 0.0973. The molecule has 2 aromatic carbocycles. The topological polar surface area (TPSA) is 75.3 Å². The molecule has 0 aromatic heterocycles. The van der Waals surface area contributed by atoms with Crippen LogP contribution in [0.3, 0.4) is 0 Å². The van der Waals surface area contributed by atoms with Gasteiger partial charge in [0.25, 0.3) is 0 Å². The number of nitrogens with one attached hydrogen (secondary N) is 2. The molecule has 1 amide bonds. The zero-order valence-corrected chi connectivity index (χ0v) is 16.7. The number of fused-ring (bicyclic) bond motifs is 1. The second-order valence-corrected chi connectivity index (χ2v) is 8.94. The SMILES string of the molecule is Cc1ccc(F)c(NC(=O)CCCNS(=O)(=O)c2ccc3c(c2)CCCC3)c1. The summed E-state index contributed by atoms with van der Waals surface area (Å²) in [7, 11) is -3.60. The second kappa shape index (κ2) is 8.84. The Kier molecular flexibility index (Phi) is 6.46. The molecule has 2 aromatic rings. The summed E-state index contributed by atoms with van der Waals surface area (Å²) in [6.07, 6.45) is 4.56. The van der Waals surface area contributed by atoms with Crippen molar-refractivity contribution in [2.45, 2.75) is 50.3 Å². The molecule has 0 aliphatic heterocycles. The lowest BCUT2D eigenvalue weighted by molar-refractivity contribution is -0.116. The molecule has 3 rings (SSSR count). The number of anilines is 1. The van der Waals surface area contributed by atoms with Gasteiger partial charge in [-0.05, 0) is 80.0 Å². The number of sulfonamides is 1. The van der Waals surface area contributed by atoms with Gasteiger partial charge in [0.1, 0.15) is 5.82 Å². The lowest BCUT2D eigenvalue weighted by atomic mass is 9.92. The number of benzene rings is 2. The van der Waals surface area contributed by atoms with E-state index in [9.17, 15) is 17.6 Å². The molecule has 0 heterocycles. The summed E-state index contributed by atoms with van der Waals surface area (Å²) in [5.41, 5.74) is 3.31. The fourth-order valence-electron chi connectivity index (χ4n) is 3.36. The number of halogens is 1. The second-order valence-electron chi connectivity index (χ2n) is 7.17. The normalized spacial score (nSPS) is 13.8. The third-order valence-corrected chi connectivity index (χ3v) is 6.36. The van der Waals surface area contributed by atoms with Crippen molar-refractivity contribution in [1.82, 2.24) is 4.72 Å². The third-order valence-electron chi connectivity index (χ3n) is 4.90. The van der Waals surface area contributed by atoms with Gasteiger partial charge in [-0.1, -0.05) is 12.1 Å². The maximum atomic E-state index is 13.7. The van der Waals surface area contributed by atoms with E-state index in [4.69, 9.17) is 0 Å². The lowest BCUT2D eigenvalue weighted by Crippen LogP contribution is -2.26. The maximum Gasteiger partial charge on any atom is 0.240 e. The molecule has 0 fully saturated rings. The lowest BCUT2D eigenvalue weighted by Gasteiger charge is -2.16. The average molecular weight is 405 g/mol. The monoisotopic (exact) mass is 404 g/mol. The first-order valence-corrected chi connectivity index (χ1v) is 11.0. The molecule has 0 unspecified atom stereocenters. The Morgan fingerprint density at radius 1 is 1.07 bits per heavy atom. The number of hydrogen-bond donors (Lipinski definition) is 2. The fourth-order valence-corrected chi connectivity index (χ4v) is 4.49. The predicted molar refractivity (Wildman–Crippen MR) is 107 cm³/mol. The van der Waals surface area contributed by atoms with Crippen LogP contribution in [0.25, 0.3) is 0 Å². The molecule has 2 N–H and O–H groups in total. The summed E-state index contributed by atoms with van der Waals surface area (Å²) in [6, 6.07) is 9.78. The number of amides is 1. The van der Waals surface area contributed by atoms with Gasteiger partial charge in [0.2, 0.25) is 15.9 Å². The molecule has 0 bridgehead atoms. The van der Waals surface area contributed by atoms with Gasteiger partial charge in [-0.3, -0.25) is 4.79 Å². The predicted octanol–water partition coefficient (Wildman–Crippen LogP) is 3.71. The number of aryl methyl sites for hydroxylation is 3. The van der Waals surface area contributed by atoms with Crippen molar-refractivity contribution in [1.29, 1.82) is 0 Å². The number of hydrogen-bond acceptors (Lipinski definition) is 3. The van der Waals surface area contributed by atoms with Crippen LogP contribution in [0.5, 0.6) is 0 Å². The van der Waals surface area contributed by atoms with Gasteiger partial charge in [0.05, 0.1) is 10.6 Å². The van der Waals surface area contributed by atoms with Crippen LogP contribution in [-0.2, 0) is 27.7 Å². The summed E-state index contributed by atoms with van der Waals surface area (Å²) < 4.78 is 41.2. The van der Waals surface area contributed by atoms with Crippen LogP contribution >= 0.6 is 0 Å². The standard InChI is InChI=1S/C21H25FN2O3S/c1-15-8-11-19(22)20(13-15)24-21(25)7-4-12-23-28(26,27)18-10-9-16-5-2-3-6-17(16)14-18/h8-11,13-14,23H,2-7,12H2,1H3,(H,24,25). The molecule has 150 valence electrons. The molecule has 5 nitrogen and oxygen atoms in total. The molecule has 0 atom stereocenters. The van der Waals surface area contributed by atoms with Crippen molar-refractivity contribution in [2.24, 2.45) is 0 Å². The Morgan fingerprint density at radius 3 is 2.61 bits per heavy atom. The highest BCUT2D eigenvalue weighted by atomic mass is 32.2. The highest BCUT2D eigenvalue weighted by molar-refractivity contribution is 7.89. The highest BCUT2D eigenvalue weighted by Gasteiger charge is 2.17. The molecular formula is C21H25FN2O3S. The van der Waals surface area contributed by atoms with Crippen LogP contribution < -0.4 is 10.0 Å². The van der Waals surface area contributed by atoms with Crippen LogP contribution in [0.2, 0.25) is 0 Å². The summed E-state index contributed by atoms with van der Waals surface area (Å²) in [4.78, 5) is 12.2. The Bertz CT molecular complexity index is 974. The smallest absolute Gasteiger partial charge is 0.240 e. The van der Waals surface area contributed by atoms with Crippen LogP contribution in [0.4, 0.5) is 10.1 Å². The zero-order valence-electron chi connectivity index (χ0n) is 15.9. The van der Waals surface area contributed by atoms with E-state index >= 15 is 0 Å². The summed E-state index contributed by atoms with van der Waals surface area (Å²) in [5, 5.41) is 2.52. The third kappa shape index (κ3) is 5.17. The molecule has 1 aliphatic carbocycles. The van der Waals surface area contributed by atoms with Gasteiger partial charge in [-0.2, -0.15) is 0 Å². The summed E-state index contributed by atoms with van der Waals surface area (Å²) >= 11 is 0. The molecular weight excluding hydrogens is 379 g/mol. The van der Waals surface area contributed by atoms with Gasteiger partial charge in [-0.15, -0.1) is 0 Å². The van der Waals surface area contributed by atoms with Crippen molar-refractivity contribution in [3.05, 3.63) is 58.9 Å². The van der Waals surface area contributed by atoms with Gasteiger partial charge < -0.3 is 5.32 Å². The van der Waals surface area contributed by atoms with Crippen LogP contribution in [0, 0.1) is 12.7 Å². The Balaban J connectivity index is 1.50. The van der Waals surface area contributed by atoms with E-state index in [1.807, 2.05) is 13.0 Å².